The second-order valence-corrected chi connectivity index (χ2v) is 10.7. The fourth-order valence-corrected chi connectivity index (χ4v) is 5.35. The number of rotatable bonds is 13. The van der Waals surface area contributed by atoms with E-state index in [2.05, 4.69) is 48.4 Å². The highest BCUT2D eigenvalue weighted by molar-refractivity contribution is 7.99. The van der Waals surface area contributed by atoms with Gasteiger partial charge in [0.05, 0.1) is 0 Å². The number of hydrogen-bond acceptors (Lipinski definition) is 3. The van der Waals surface area contributed by atoms with E-state index in [1.165, 1.54) is 23.3 Å². The lowest BCUT2D eigenvalue weighted by Gasteiger charge is -2.23. The Labute approximate surface area is 222 Å². The molecule has 0 bridgehead atoms. The second-order valence-electron chi connectivity index (χ2n) is 9.63. The summed E-state index contributed by atoms with van der Waals surface area (Å²) in [6.07, 6.45) is 5.93. The lowest BCUT2D eigenvalue weighted by Crippen LogP contribution is -2.40. The first-order chi connectivity index (χ1) is 17.9. The number of aryl methyl sites for hydroxylation is 1. The Morgan fingerprint density at radius 3 is 2.51 bits per heavy atom. The van der Waals surface area contributed by atoms with Gasteiger partial charge in [0.2, 0.25) is 0 Å². The Bertz CT molecular complexity index is 1220. The van der Waals surface area contributed by atoms with Crippen LogP contribution in [-0.4, -0.2) is 24.2 Å². The van der Waals surface area contributed by atoms with Gasteiger partial charge in [-0.2, -0.15) is 0 Å². The van der Waals surface area contributed by atoms with Crippen molar-refractivity contribution in [1.82, 2.24) is 10.6 Å². The Morgan fingerprint density at radius 1 is 1.05 bits per heavy atom. The molecule has 0 aliphatic heterocycles. The standard InChI is InChI=1S/C31H34F2N2OS/c1-3-15-37-29-10-6-8-24(20-29)30(36)35-28(19-23-17-26(32)21-27(33)18-23)11-14-34-31(12-13-31)25-9-5-7-22(4-2)16-25/h3,5-10,16-18,20-21,28,34H,1,4,11-15,19H2,2H3,(H,35,36)/t28-/m1/s1. The van der Waals surface area contributed by atoms with E-state index < -0.39 is 11.6 Å². The maximum atomic E-state index is 13.9. The summed E-state index contributed by atoms with van der Waals surface area (Å²) in [7, 11) is 0. The monoisotopic (exact) mass is 520 g/mol. The molecule has 3 aromatic rings. The Kier molecular flexibility index (Phi) is 9.17. The number of carbonyl (C=O) groups is 1. The Balaban J connectivity index is 1.45. The summed E-state index contributed by atoms with van der Waals surface area (Å²) in [4.78, 5) is 14.1. The van der Waals surface area contributed by atoms with Gasteiger partial charge in [-0.25, -0.2) is 8.78 Å². The SMILES string of the molecule is C=CCSc1cccc(C(=O)N[C@H](CCNC2(c3cccc(CC)c3)CC2)Cc2cc(F)cc(F)c2)c1. The molecule has 2 N–H and O–H groups in total. The first kappa shape index (κ1) is 27.1. The van der Waals surface area contributed by atoms with Crippen molar-refractivity contribution < 1.29 is 13.6 Å². The van der Waals surface area contributed by atoms with Gasteiger partial charge in [0.15, 0.2) is 0 Å². The van der Waals surface area contributed by atoms with Gasteiger partial charge in [0.25, 0.3) is 5.91 Å². The van der Waals surface area contributed by atoms with Gasteiger partial charge in [-0.05, 0) is 85.7 Å². The summed E-state index contributed by atoms with van der Waals surface area (Å²) in [5.41, 5.74) is 3.68. The van der Waals surface area contributed by atoms with Crippen LogP contribution >= 0.6 is 11.8 Å². The smallest absolute Gasteiger partial charge is 0.251 e. The topological polar surface area (TPSA) is 41.1 Å². The normalized spacial score (nSPS) is 14.7. The molecule has 0 saturated heterocycles. The van der Waals surface area contributed by atoms with Crippen LogP contribution in [0.1, 0.15) is 53.2 Å². The van der Waals surface area contributed by atoms with E-state index in [0.717, 1.165) is 36.0 Å². The van der Waals surface area contributed by atoms with Crippen molar-refractivity contribution in [2.24, 2.45) is 0 Å². The number of hydrogen-bond donors (Lipinski definition) is 2. The van der Waals surface area contributed by atoms with Crippen molar-refractivity contribution in [3.8, 4) is 0 Å². The predicted molar refractivity (Wildman–Crippen MR) is 148 cm³/mol. The third-order valence-corrected chi connectivity index (χ3v) is 7.79. The summed E-state index contributed by atoms with van der Waals surface area (Å²) in [5, 5.41) is 6.83. The average molecular weight is 521 g/mol. The molecule has 3 aromatic carbocycles. The van der Waals surface area contributed by atoms with Crippen molar-refractivity contribution in [3.63, 3.8) is 0 Å². The molecular formula is C31H34F2N2OS. The maximum Gasteiger partial charge on any atom is 0.251 e. The molecule has 0 spiro atoms. The maximum absolute atomic E-state index is 13.9. The molecule has 4 rings (SSSR count). The van der Waals surface area contributed by atoms with Gasteiger partial charge in [0, 0.05) is 33.9 Å². The molecule has 0 aromatic heterocycles. The molecule has 6 heteroatoms. The highest BCUT2D eigenvalue weighted by Crippen LogP contribution is 2.45. The minimum Gasteiger partial charge on any atom is -0.349 e. The van der Waals surface area contributed by atoms with Crippen LogP contribution in [0.5, 0.6) is 0 Å². The number of halogens is 2. The van der Waals surface area contributed by atoms with Gasteiger partial charge < -0.3 is 10.6 Å². The van der Waals surface area contributed by atoms with Crippen LogP contribution in [0, 0.1) is 11.6 Å². The number of carbonyl (C=O) groups excluding carboxylic acids is 1. The van der Waals surface area contributed by atoms with E-state index in [9.17, 15) is 13.6 Å². The van der Waals surface area contributed by atoms with Crippen LogP contribution in [0.3, 0.4) is 0 Å². The number of amides is 1. The molecule has 0 heterocycles. The molecule has 1 aliphatic carbocycles. The summed E-state index contributed by atoms with van der Waals surface area (Å²) < 4.78 is 27.7. The van der Waals surface area contributed by atoms with E-state index in [4.69, 9.17) is 0 Å². The molecule has 1 amide bonds. The Hall–Kier alpha value is -2.96. The molecule has 1 atom stereocenters. The van der Waals surface area contributed by atoms with Crippen LogP contribution in [0.2, 0.25) is 0 Å². The van der Waals surface area contributed by atoms with E-state index in [0.29, 0.717) is 30.5 Å². The summed E-state index contributed by atoms with van der Waals surface area (Å²) in [5.74, 6) is -0.663. The largest absolute Gasteiger partial charge is 0.349 e. The van der Waals surface area contributed by atoms with Crippen LogP contribution in [0.4, 0.5) is 8.78 Å². The van der Waals surface area contributed by atoms with E-state index in [-0.39, 0.29) is 17.5 Å². The molecule has 1 fully saturated rings. The molecule has 0 unspecified atom stereocenters. The molecule has 0 radical (unpaired) electrons. The molecule has 37 heavy (non-hydrogen) atoms. The van der Waals surface area contributed by atoms with E-state index in [1.807, 2.05) is 24.3 Å². The number of nitrogens with one attached hydrogen (secondary N) is 2. The molecule has 194 valence electrons. The third-order valence-electron chi connectivity index (χ3n) is 6.80. The van der Waals surface area contributed by atoms with Crippen LogP contribution in [0.25, 0.3) is 0 Å². The zero-order chi connectivity index (χ0) is 26.3. The molecule has 1 aliphatic rings. The zero-order valence-corrected chi connectivity index (χ0v) is 22.1. The fourth-order valence-electron chi connectivity index (χ4n) is 4.66. The lowest BCUT2D eigenvalue weighted by molar-refractivity contribution is 0.0934. The van der Waals surface area contributed by atoms with Gasteiger partial charge in [-0.1, -0.05) is 43.3 Å². The first-order valence-electron chi connectivity index (χ1n) is 12.8. The van der Waals surface area contributed by atoms with Gasteiger partial charge in [-0.3, -0.25) is 4.79 Å². The zero-order valence-electron chi connectivity index (χ0n) is 21.2. The van der Waals surface area contributed by atoms with Crippen LogP contribution in [-0.2, 0) is 18.4 Å². The summed E-state index contributed by atoms with van der Waals surface area (Å²) >= 11 is 1.61. The summed E-state index contributed by atoms with van der Waals surface area (Å²) in [6.45, 7) is 6.57. The Morgan fingerprint density at radius 2 is 1.81 bits per heavy atom. The van der Waals surface area contributed by atoms with E-state index in [1.54, 1.807) is 17.8 Å². The van der Waals surface area contributed by atoms with Crippen molar-refractivity contribution >= 4 is 17.7 Å². The minimum atomic E-state index is -0.613. The molecular weight excluding hydrogens is 486 g/mol. The first-order valence-corrected chi connectivity index (χ1v) is 13.8. The minimum absolute atomic E-state index is 0.0264. The summed E-state index contributed by atoms with van der Waals surface area (Å²) in [6, 6.07) is 19.4. The van der Waals surface area contributed by atoms with Crippen molar-refractivity contribution in [3.05, 3.63) is 113 Å². The highest BCUT2D eigenvalue weighted by Gasteiger charge is 2.43. The van der Waals surface area contributed by atoms with Crippen LogP contribution < -0.4 is 10.6 Å². The fraction of sp³-hybridized carbons (Fsp3) is 0.323. The van der Waals surface area contributed by atoms with Crippen molar-refractivity contribution in [2.75, 3.05) is 12.3 Å². The van der Waals surface area contributed by atoms with Crippen LogP contribution in [0.15, 0.2) is 84.3 Å². The number of benzene rings is 3. The molecule has 3 nitrogen and oxygen atoms in total. The quantitative estimate of drug-likeness (QED) is 0.192. The average Bonchev–Trinajstić information content (AvgIpc) is 3.68. The van der Waals surface area contributed by atoms with Gasteiger partial charge >= 0.3 is 0 Å². The lowest BCUT2D eigenvalue weighted by atomic mass is 9.99. The van der Waals surface area contributed by atoms with E-state index >= 15 is 0 Å². The molecule has 1 saturated carbocycles. The number of thioether (sulfide) groups is 1. The van der Waals surface area contributed by atoms with Gasteiger partial charge in [0.1, 0.15) is 11.6 Å². The van der Waals surface area contributed by atoms with Crippen molar-refractivity contribution in [1.29, 1.82) is 0 Å². The second kappa shape index (κ2) is 12.5. The highest BCUT2D eigenvalue weighted by atomic mass is 32.2. The van der Waals surface area contributed by atoms with Crippen molar-refractivity contribution in [2.45, 2.75) is 55.5 Å². The predicted octanol–water partition coefficient (Wildman–Crippen LogP) is 6.82. The van der Waals surface area contributed by atoms with Gasteiger partial charge in [-0.15, -0.1) is 18.3 Å². The third kappa shape index (κ3) is 7.53.